The number of aliphatic carboxylic acids is 1. The van der Waals surface area contributed by atoms with Crippen LogP contribution in [0.15, 0.2) is 11.6 Å². The smallest absolute Gasteiger partial charge is 0.310 e. The lowest BCUT2D eigenvalue weighted by molar-refractivity contribution is -0.189. The Balaban J connectivity index is 1.60. The Labute approximate surface area is 201 Å². The number of Topliss-reactive ketones (excluding diaryl/α,β-unsaturated/α-hetero) is 1. The number of carboxylic acid groups (broad SMARTS) is 1. The van der Waals surface area contributed by atoms with Gasteiger partial charge >= 0.3 is 5.97 Å². The van der Waals surface area contributed by atoms with Crippen LogP contribution in [0.3, 0.4) is 0 Å². The number of allylic oxidation sites excluding steroid dienone is 2. The highest BCUT2D eigenvalue weighted by molar-refractivity contribution is 5.85. The molecule has 5 aliphatic rings. The van der Waals surface area contributed by atoms with Crippen LogP contribution in [0.1, 0.15) is 113 Å². The first-order valence-corrected chi connectivity index (χ1v) is 13.6. The zero-order valence-corrected chi connectivity index (χ0v) is 22.1. The SMILES string of the molecule is CC1(C)CC[C@]2(C(=O)O)CC[C@]3(C)C(=CC[C@@H]4[C@@]5(C)CCC(=O)C(C)(C)[C@@H]5CC[C@]43C)C2C1. The molecule has 0 amide bonds. The lowest BCUT2D eigenvalue weighted by atomic mass is 9.33. The molecule has 3 nitrogen and oxygen atoms in total. The van der Waals surface area contributed by atoms with Gasteiger partial charge in [-0.05, 0) is 97.2 Å². The maximum Gasteiger partial charge on any atom is 0.310 e. The molecule has 5 aliphatic carbocycles. The van der Waals surface area contributed by atoms with Crippen molar-refractivity contribution in [2.24, 2.45) is 50.2 Å². The average molecular weight is 455 g/mol. The van der Waals surface area contributed by atoms with Crippen molar-refractivity contribution in [2.75, 3.05) is 0 Å². The molecule has 33 heavy (non-hydrogen) atoms. The first-order valence-electron chi connectivity index (χ1n) is 13.6. The van der Waals surface area contributed by atoms with Crippen molar-refractivity contribution in [3.05, 3.63) is 11.6 Å². The summed E-state index contributed by atoms with van der Waals surface area (Å²) in [5, 5.41) is 10.5. The van der Waals surface area contributed by atoms with E-state index in [0.29, 0.717) is 17.6 Å². The third-order valence-corrected chi connectivity index (χ3v) is 12.8. The lowest BCUT2D eigenvalue weighted by Gasteiger charge is -2.70. The zero-order valence-electron chi connectivity index (χ0n) is 22.1. The second-order valence-corrected chi connectivity index (χ2v) is 14.8. The van der Waals surface area contributed by atoms with E-state index in [9.17, 15) is 14.7 Å². The second kappa shape index (κ2) is 6.76. The van der Waals surface area contributed by atoms with Gasteiger partial charge in [0, 0.05) is 11.8 Å². The Bertz CT molecular complexity index is 927. The van der Waals surface area contributed by atoms with Gasteiger partial charge in [-0.1, -0.05) is 60.1 Å². The predicted octanol–water partition coefficient (Wildman–Crippen LogP) is 7.44. The summed E-state index contributed by atoms with van der Waals surface area (Å²) in [7, 11) is 0. The molecule has 7 atom stereocenters. The van der Waals surface area contributed by atoms with Crippen molar-refractivity contribution in [3.63, 3.8) is 0 Å². The fourth-order valence-electron chi connectivity index (χ4n) is 10.4. The maximum absolute atomic E-state index is 12.9. The number of rotatable bonds is 1. The Morgan fingerprint density at radius 1 is 0.909 bits per heavy atom. The third-order valence-electron chi connectivity index (χ3n) is 12.8. The van der Waals surface area contributed by atoms with Crippen LogP contribution in [0.25, 0.3) is 0 Å². The molecule has 0 spiro atoms. The van der Waals surface area contributed by atoms with Gasteiger partial charge in [0.05, 0.1) is 5.41 Å². The standard InChI is InChI=1S/C30H46O3/c1-25(2)14-16-30(24(32)33)17-15-28(6)19(20(30)18-25)8-9-22-27(5)12-11-23(31)26(3,4)21(27)10-13-29(22,28)7/h8,20-22H,9-18H2,1-7H3,(H,32,33)/t20?,21-,22+,27-,28+,29+,30-/m0/s1. The Morgan fingerprint density at radius 3 is 2.24 bits per heavy atom. The molecule has 0 bridgehead atoms. The third kappa shape index (κ3) is 2.80. The Hall–Kier alpha value is -1.12. The van der Waals surface area contributed by atoms with Gasteiger partial charge in [0.25, 0.3) is 0 Å². The summed E-state index contributed by atoms with van der Waals surface area (Å²) < 4.78 is 0. The number of hydrogen-bond donors (Lipinski definition) is 1. The first kappa shape index (κ1) is 23.6. The average Bonchev–Trinajstić information content (AvgIpc) is 2.71. The number of carbonyl (C=O) groups is 2. The van der Waals surface area contributed by atoms with E-state index in [1.165, 1.54) is 12.0 Å². The number of hydrogen-bond acceptors (Lipinski definition) is 2. The molecule has 4 fully saturated rings. The Kier molecular flexibility index (Phi) is 4.83. The van der Waals surface area contributed by atoms with E-state index in [0.717, 1.165) is 57.8 Å². The largest absolute Gasteiger partial charge is 0.481 e. The van der Waals surface area contributed by atoms with Crippen molar-refractivity contribution in [1.82, 2.24) is 0 Å². The molecule has 184 valence electrons. The second-order valence-electron chi connectivity index (χ2n) is 14.8. The van der Waals surface area contributed by atoms with Gasteiger partial charge in [0.1, 0.15) is 5.78 Å². The van der Waals surface area contributed by atoms with E-state index in [1.54, 1.807) is 0 Å². The van der Waals surface area contributed by atoms with Gasteiger partial charge in [-0.25, -0.2) is 0 Å². The van der Waals surface area contributed by atoms with E-state index >= 15 is 0 Å². The molecule has 0 aliphatic heterocycles. The fourth-order valence-corrected chi connectivity index (χ4v) is 10.4. The van der Waals surface area contributed by atoms with Crippen LogP contribution in [-0.4, -0.2) is 16.9 Å². The minimum absolute atomic E-state index is 0.0620. The van der Waals surface area contributed by atoms with Gasteiger partial charge in [-0.15, -0.1) is 0 Å². The van der Waals surface area contributed by atoms with Gasteiger partial charge in [-0.3, -0.25) is 9.59 Å². The molecule has 5 rings (SSSR count). The van der Waals surface area contributed by atoms with Crippen molar-refractivity contribution in [1.29, 1.82) is 0 Å². The molecular formula is C30H46O3. The molecule has 3 heteroatoms. The minimum Gasteiger partial charge on any atom is -0.481 e. The minimum atomic E-state index is -0.565. The quantitative estimate of drug-likeness (QED) is 0.419. The van der Waals surface area contributed by atoms with Crippen LogP contribution in [0.4, 0.5) is 0 Å². The number of fused-ring (bicyclic) bond motifs is 7. The van der Waals surface area contributed by atoms with Crippen molar-refractivity contribution < 1.29 is 14.7 Å². The van der Waals surface area contributed by atoms with E-state index in [-0.39, 0.29) is 33.0 Å². The van der Waals surface area contributed by atoms with E-state index in [2.05, 4.69) is 54.5 Å². The number of carboxylic acids is 1. The van der Waals surface area contributed by atoms with E-state index in [4.69, 9.17) is 0 Å². The van der Waals surface area contributed by atoms with Crippen molar-refractivity contribution in [2.45, 2.75) is 113 Å². The van der Waals surface area contributed by atoms with Crippen molar-refractivity contribution >= 4 is 11.8 Å². The molecule has 0 heterocycles. The summed E-state index contributed by atoms with van der Waals surface area (Å²) in [6.07, 6.45) is 12.3. The summed E-state index contributed by atoms with van der Waals surface area (Å²) in [5.74, 6) is 1.10. The summed E-state index contributed by atoms with van der Waals surface area (Å²) in [4.78, 5) is 25.6. The van der Waals surface area contributed by atoms with Gasteiger partial charge in [0.2, 0.25) is 0 Å². The van der Waals surface area contributed by atoms with Crippen LogP contribution < -0.4 is 0 Å². The van der Waals surface area contributed by atoms with Gasteiger partial charge in [-0.2, -0.15) is 0 Å². The highest BCUT2D eigenvalue weighted by Crippen LogP contribution is 2.75. The Morgan fingerprint density at radius 2 is 1.58 bits per heavy atom. The van der Waals surface area contributed by atoms with E-state index < -0.39 is 11.4 Å². The van der Waals surface area contributed by atoms with Crippen LogP contribution in [0.5, 0.6) is 0 Å². The molecule has 4 saturated carbocycles. The molecule has 1 unspecified atom stereocenters. The molecule has 0 radical (unpaired) electrons. The highest BCUT2D eigenvalue weighted by Gasteiger charge is 2.69. The number of ketones is 1. The van der Waals surface area contributed by atoms with Gasteiger partial charge < -0.3 is 5.11 Å². The maximum atomic E-state index is 12.9. The molecule has 0 saturated heterocycles. The first-order chi connectivity index (χ1) is 15.1. The normalized spacial score (nSPS) is 50.2. The highest BCUT2D eigenvalue weighted by atomic mass is 16.4. The predicted molar refractivity (Wildman–Crippen MR) is 132 cm³/mol. The summed E-state index contributed by atoms with van der Waals surface area (Å²) in [5.41, 5.74) is 1.33. The zero-order chi connectivity index (χ0) is 24.2. The van der Waals surface area contributed by atoms with Gasteiger partial charge in [0.15, 0.2) is 0 Å². The summed E-state index contributed by atoms with van der Waals surface area (Å²) in [6, 6.07) is 0. The molecule has 0 aromatic rings. The van der Waals surface area contributed by atoms with Crippen LogP contribution in [0, 0.1) is 50.2 Å². The monoisotopic (exact) mass is 454 g/mol. The molecule has 1 N–H and O–H groups in total. The topological polar surface area (TPSA) is 54.4 Å². The number of carbonyl (C=O) groups excluding carboxylic acids is 1. The van der Waals surface area contributed by atoms with Crippen LogP contribution in [0.2, 0.25) is 0 Å². The van der Waals surface area contributed by atoms with Crippen LogP contribution >= 0.6 is 0 Å². The summed E-state index contributed by atoms with van der Waals surface area (Å²) >= 11 is 0. The molecule has 0 aromatic carbocycles. The van der Waals surface area contributed by atoms with E-state index in [1.807, 2.05) is 0 Å². The fraction of sp³-hybridized carbons (Fsp3) is 0.867. The molecule has 0 aromatic heterocycles. The van der Waals surface area contributed by atoms with Crippen molar-refractivity contribution in [3.8, 4) is 0 Å². The molecular weight excluding hydrogens is 408 g/mol. The summed E-state index contributed by atoms with van der Waals surface area (Å²) in [6.45, 7) is 16.6. The van der Waals surface area contributed by atoms with Crippen LogP contribution in [-0.2, 0) is 9.59 Å². The lowest BCUT2D eigenvalue weighted by Crippen LogP contribution is -2.64.